The van der Waals surface area contributed by atoms with E-state index in [1.807, 2.05) is 13.0 Å². The van der Waals surface area contributed by atoms with E-state index in [2.05, 4.69) is 10.6 Å². The minimum atomic E-state index is -0.795. The van der Waals surface area contributed by atoms with Gasteiger partial charge in [-0.3, -0.25) is 0 Å². The van der Waals surface area contributed by atoms with Crippen molar-refractivity contribution in [1.29, 1.82) is 0 Å². The lowest BCUT2D eigenvalue weighted by Crippen LogP contribution is -2.54. The van der Waals surface area contributed by atoms with E-state index in [0.29, 0.717) is 12.1 Å². The predicted molar refractivity (Wildman–Crippen MR) is 136 cm³/mol. The van der Waals surface area contributed by atoms with Crippen molar-refractivity contribution in [1.82, 2.24) is 10.3 Å². The van der Waals surface area contributed by atoms with Gasteiger partial charge in [0.05, 0.1) is 12.2 Å². The number of unbranched alkanes of at least 4 members (excludes halogenated alkanes) is 2. The minimum absolute atomic E-state index is 0.00842. The molecule has 0 aromatic heterocycles. The molecule has 36 heavy (non-hydrogen) atoms. The standard InChI is InChI=1S/C26H30N4O6/c1-2-3-7-14-27-25(35)30(22-13-11-20(32)16-24(22)34)29(17-18-8-5-4-6-9-18)26(36)28-21-12-10-19(31)15-23(21)33/h4-6,8-13,15-16,31-34H,2-3,7,14,17H2,1H3,(H,27,35)(H,28,36). The van der Waals surface area contributed by atoms with Crippen molar-refractivity contribution in [3.63, 3.8) is 0 Å². The van der Waals surface area contributed by atoms with Crippen molar-refractivity contribution < 1.29 is 30.0 Å². The Labute approximate surface area is 209 Å². The number of hydrogen-bond donors (Lipinski definition) is 6. The number of phenolic OH excluding ortho intramolecular Hbond substituents is 4. The van der Waals surface area contributed by atoms with Crippen LogP contribution in [-0.4, -0.2) is 44.0 Å². The number of urea groups is 2. The average molecular weight is 495 g/mol. The molecule has 0 radical (unpaired) electrons. The van der Waals surface area contributed by atoms with Crippen LogP contribution in [0.1, 0.15) is 31.7 Å². The van der Waals surface area contributed by atoms with Gasteiger partial charge in [0.2, 0.25) is 0 Å². The Hall–Kier alpha value is -4.60. The lowest BCUT2D eigenvalue weighted by Gasteiger charge is -2.35. The van der Waals surface area contributed by atoms with E-state index in [-0.39, 0.29) is 35.2 Å². The number of phenols is 4. The van der Waals surface area contributed by atoms with Crippen molar-refractivity contribution in [2.24, 2.45) is 0 Å². The van der Waals surface area contributed by atoms with E-state index in [1.54, 1.807) is 24.3 Å². The lowest BCUT2D eigenvalue weighted by atomic mass is 10.2. The summed E-state index contributed by atoms with van der Waals surface area (Å²) >= 11 is 0. The topological polar surface area (TPSA) is 146 Å². The second-order valence-electron chi connectivity index (χ2n) is 8.10. The fourth-order valence-corrected chi connectivity index (χ4v) is 3.48. The molecule has 3 rings (SSSR count). The van der Waals surface area contributed by atoms with Gasteiger partial charge in [-0.1, -0.05) is 50.1 Å². The third-order valence-electron chi connectivity index (χ3n) is 5.31. The smallest absolute Gasteiger partial charge is 0.341 e. The molecule has 0 atom stereocenters. The SMILES string of the molecule is CCCCCNC(=O)N(c1ccc(O)cc1O)N(Cc1ccccc1)C(=O)Nc1ccc(O)cc1O. The molecule has 6 N–H and O–H groups in total. The number of nitrogens with one attached hydrogen (secondary N) is 2. The van der Waals surface area contributed by atoms with Gasteiger partial charge in [-0.05, 0) is 36.2 Å². The van der Waals surface area contributed by atoms with Gasteiger partial charge in [-0.2, -0.15) is 5.01 Å². The zero-order valence-corrected chi connectivity index (χ0v) is 19.9. The van der Waals surface area contributed by atoms with E-state index in [0.717, 1.165) is 41.4 Å². The van der Waals surface area contributed by atoms with Crippen LogP contribution < -0.4 is 15.6 Å². The van der Waals surface area contributed by atoms with Crippen molar-refractivity contribution in [2.45, 2.75) is 32.7 Å². The summed E-state index contributed by atoms with van der Waals surface area (Å²) in [6.07, 6.45) is 2.58. The fraction of sp³-hybridized carbons (Fsp3) is 0.231. The monoisotopic (exact) mass is 494 g/mol. The summed E-state index contributed by atoms with van der Waals surface area (Å²) in [5.74, 6) is -1.19. The van der Waals surface area contributed by atoms with Crippen molar-refractivity contribution in [3.05, 3.63) is 72.3 Å². The van der Waals surface area contributed by atoms with Crippen LogP contribution in [0.5, 0.6) is 23.0 Å². The number of anilines is 2. The van der Waals surface area contributed by atoms with Crippen molar-refractivity contribution in [2.75, 3.05) is 16.9 Å². The van der Waals surface area contributed by atoms with Crippen molar-refractivity contribution in [3.8, 4) is 23.0 Å². The van der Waals surface area contributed by atoms with E-state index < -0.39 is 17.8 Å². The number of hydrazine groups is 1. The molecule has 0 unspecified atom stereocenters. The summed E-state index contributed by atoms with van der Waals surface area (Å²) in [5, 5.41) is 47.4. The predicted octanol–water partition coefficient (Wildman–Crippen LogP) is 4.86. The number of hydrogen-bond acceptors (Lipinski definition) is 6. The maximum absolute atomic E-state index is 13.5. The van der Waals surface area contributed by atoms with Crippen LogP contribution in [-0.2, 0) is 6.54 Å². The Morgan fingerprint density at radius 3 is 2.11 bits per heavy atom. The summed E-state index contributed by atoms with van der Waals surface area (Å²) < 4.78 is 0. The number of carbonyl (C=O) groups is 2. The first-order chi connectivity index (χ1) is 17.3. The van der Waals surface area contributed by atoms with Crippen LogP contribution in [0.15, 0.2) is 66.7 Å². The molecule has 10 nitrogen and oxygen atoms in total. The maximum atomic E-state index is 13.5. The van der Waals surface area contributed by atoms with E-state index in [1.165, 1.54) is 24.3 Å². The van der Waals surface area contributed by atoms with Gasteiger partial charge in [0.25, 0.3) is 0 Å². The minimum Gasteiger partial charge on any atom is -0.508 e. The molecule has 3 aromatic rings. The second kappa shape index (κ2) is 12.2. The number of carbonyl (C=O) groups excluding carboxylic acids is 2. The Morgan fingerprint density at radius 1 is 0.806 bits per heavy atom. The molecule has 10 heteroatoms. The number of amides is 4. The first kappa shape index (κ1) is 26.0. The summed E-state index contributed by atoms with van der Waals surface area (Å²) in [5.41, 5.74) is 0.653. The van der Waals surface area contributed by atoms with Crippen LogP contribution in [0.2, 0.25) is 0 Å². The number of nitrogens with zero attached hydrogens (tertiary/aromatic N) is 2. The van der Waals surface area contributed by atoms with E-state index in [9.17, 15) is 30.0 Å². The molecular weight excluding hydrogens is 464 g/mol. The molecule has 0 saturated carbocycles. The van der Waals surface area contributed by atoms with Gasteiger partial charge in [-0.15, -0.1) is 0 Å². The molecule has 0 bridgehead atoms. The highest BCUT2D eigenvalue weighted by Gasteiger charge is 2.30. The molecule has 0 saturated heterocycles. The van der Waals surface area contributed by atoms with Crippen LogP contribution in [0.25, 0.3) is 0 Å². The first-order valence-corrected chi connectivity index (χ1v) is 11.5. The zero-order chi connectivity index (χ0) is 26.1. The Morgan fingerprint density at radius 2 is 1.47 bits per heavy atom. The largest absolute Gasteiger partial charge is 0.508 e. The molecule has 0 aliphatic rings. The van der Waals surface area contributed by atoms with Gasteiger partial charge in [-0.25, -0.2) is 14.6 Å². The van der Waals surface area contributed by atoms with Crippen LogP contribution in [0.4, 0.5) is 21.0 Å². The molecule has 0 aliphatic carbocycles. The molecule has 4 amide bonds. The lowest BCUT2D eigenvalue weighted by molar-refractivity contribution is 0.193. The molecule has 190 valence electrons. The van der Waals surface area contributed by atoms with Gasteiger partial charge in [0.15, 0.2) is 0 Å². The molecule has 0 spiro atoms. The van der Waals surface area contributed by atoms with Crippen LogP contribution in [0, 0.1) is 0 Å². The Kier molecular flexibility index (Phi) is 8.82. The first-order valence-electron chi connectivity index (χ1n) is 11.5. The van der Waals surface area contributed by atoms with Crippen LogP contribution in [0.3, 0.4) is 0 Å². The second-order valence-corrected chi connectivity index (χ2v) is 8.10. The zero-order valence-electron chi connectivity index (χ0n) is 19.9. The number of aromatic hydroxyl groups is 4. The normalized spacial score (nSPS) is 10.5. The highest BCUT2D eigenvalue weighted by molar-refractivity contribution is 6.00. The van der Waals surface area contributed by atoms with Gasteiger partial charge >= 0.3 is 12.1 Å². The molecule has 0 heterocycles. The summed E-state index contributed by atoms with van der Waals surface area (Å²) in [7, 11) is 0. The highest BCUT2D eigenvalue weighted by atomic mass is 16.3. The van der Waals surface area contributed by atoms with Gasteiger partial charge in [0.1, 0.15) is 28.7 Å². The third kappa shape index (κ3) is 6.72. The van der Waals surface area contributed by atoms with Gasteiger partial charge in [0, 0.05) is 18.7 Å². The van der Waals surface area contributed by atoms with E-state index in [4.69, 9.17) is 0 Å². The Bertz CT molecular complexity index is 1190. The van der Waals surface area contributed by atoms with Crippen LogP contribution >= 0.6 is 0 Å². The Balaban J connectivity index is 2.02. The van der Waals surface area contributed by atoms with E-state index >= 15 is 0 Å². The quantitative estimate of drug-likeness (QED) is 0.114. The molecular formula is C26H30N4O6. The maximum Gasteiger partial charge on any atom is 0.341 e. The summed E-state index contributed by atoms with van der Waals surface area (Å²) in [6.45, 7) is 2.31. The average Bonchev–Trinajstić information content (AvgIpc) is 2.85. The molecule has 0 aliphatic heterocycles. The van der Waals surface area contributed by atoms with Gasteiger partial charge < -0.3 is 31.1 Å². The fourth-order valence-electron chi connectivity index (χ4n) is 3.48. The van der Waals surface area contributed by atoms with Crippen molar-refractivity contribution >= 4 is 23.4 Å². The summed E-state index contributed by atoms with van der Waals surface area (Å²) in [6, 6.07) is 14.8. The highest BCUT2D eigenvalue weighted by Crippen LogP contribution is 2.33. The number of benzene rings is 3. The third-order valence-corrected chi connectivity index (χ3v) is 5.31. The molecule has 3 aromatic carbocycles. The summed E-state index contributed by atoms with van der Waals surface area (Å²) in [4.78, 5) is 26.9. The number of rotatable bonds is 8. The molecule has 0 fully saturated rings.